The van der Waals surface area contributed by atoms with E-state index in [2.05, 4.69) is 34.5 Å². The van der Waals surface area contributed by atoms with Crippen molar-refractivity contribution in [2.75, 3.05) is 5.32 Å². The summed E-state index contributed by atoms with van der Waals surface area (Å²) < 4.78 is 15.3. The molecule has 1 unspecified atom stereocenters. The number of nitrogens with zero attached hydrogens (tertiary/aromatic N) is 4. The number of nitrogens with one attached hydrogen (secondary N) is 1. The summed E-state index contributed by atoms with van der Waals surface area (Å²) in [6.07, 6.45) is 4.79. The van der Waals surface area contributed by atoms with Gasteiger partial charge in [0.15, 0.2) is 5.82 Å². The van der Waals surface area contributed by atoms with Gasteiger partial charge >= 0.3 is 0 Å². The molecule has 1 N–H and O–H groups in total. The van der Waals surface area contributed by atoms with E-state index in [0.29, 0.717) is 23.9 Å². The van der Waals surface area contributed by atoms with Crippen LogP contribution in [0.1, 0.15) is 38.8 Å². The average molecular weight is 333 g/mol. The van der Waals surface area contributed by atoms with Crippen LogP contribution in [0, 0.1) is 5.92 Å². The third-order valence-electron chi connectivity index (χ3n) is 3.56. The van der Waals surface area contributed by atoms with E-state index in [0.717, 1.165) is 12.8 Å². The normalized spacial score (nSPS) is 12.3. The molecule has 2 aromatic rings. The second kappa shape index (κ2) is 9.10. The summed E-state index contributed by atoms with van der Waals surface area (Å²) in [5.41, 5.74) is 0.677. The van der Waals surface area contributed by atoms with Gasteiger partial charge < -0.3 is 5.32 Å². The first-order chi connectivity index (χ1) is 11.5. The predicted molar refractivity (Wildman–Crippen MR) is 90.2 cm³/mol. The maximum Gasteiger partial charge on any atom is 0.231 e. The van der Waals surface area contributed by atoms with Crippen molar-refractivity contribution >= 4 is 11.7 Å². The highest BCUT2D eigenvalue weighted by atomic mass is 19.1. The van der Waals surface area contributed by atoms with E-state index < -0.39 is 6.17 Å². The number of alkyl halides is 1. The van der Waals surface area contributed by atoms with Gasteiger partial charge in [0.2, 0.25) is 5.91 Å². The number of amides is 1. The van der Waals surface area contributed by atoms with E-state index in [1.807, 2.05) is 6.07 Å². The third kappa shape index (κ3) is 6.44. The zero-order valence-electron chi connectivity index (χ0n) is 14.2. The summed E-state index contributed by atoms with van der Waals surface area (Å²) in [7, 11) is 0. The van der Waals surface area contributed by atoms with Crippen molar-refractivity contribution in [1.29, 1.82) is 0 Å². The van der Waals surface area contributed by atoms with E-state index in [1.54, 1.807) is 24.5 Å². The molecule has 2 heterocycles. The molecule has 24 heavy (non-hydrogen) atoms. The highest BCUT2D eigenvalue weighted by Crippen LogP contribution is 2.12. The molecule has 0 radical (unpaired) electrons. The topological polar surface area (TPSA) is 72.7 Å². The van der Waals surface area contributed by atoms with Crippen molar-refractivity contribution in [3.8, 4) is 0 Å². The molecule has 0 spiro atoms. The Kier molecular flexibility index (Phi) is 6.84. The van der Waals surface area contributed by atoms with E-state index in [4.69, 9.17) is 0 Å². The maximum absolute atomic E-state index is 13.9. The molecule has 0 aliphatic carbocycles. The lowest BCUT2D eigenvalue weighted by molar-refractivity contribution is -0.115. The zero-order chi connectivity index (χ0) is 17.4. The average Bonchev–Trinajstić information content (AvgIpc) is 2.94. The number of hydrogen-bond acceptors (Lipinski definition) is 4. The lowest BCUT2D eigenvalue weighted by Gasteiger charge is -2.08. The molecule has 130 valence electrons. The molecule has 0 saturated heterocycles. The maximum atomic E-state index is 13.9. The third-order valence-corrected chi connectivity index (χ3v) is 3.56. The van der Waals surface area contributed by atoms with E-state index in [9.17, 15) is 9.18 Å². The number of hydrogen-bond donors (Lipinski definition) is 1. The standard InChI is InChI=1S/C17H24FN5O/c1-13(2)6-5-7-14(18)11-23-12-16(21-22-23)20-17(24)10-15-8-3-4-9-19-15/h3-4,8-9,12-14H,5-7,10-11H2,1-2H3,(H,20,24). The van der Waals surface area contributed by atoms with E-state index in [1.165, 1.54) is 4.68 Å². The molecule has 7 heteroatoms. The number of halogens is 1. The number of rotatable bonds is 9. The van der Waals surface area contributed by atoms with Crippen molar-refractivity contribution in [3.63, 3.8) is 0 Å². The van der Waals surface area contributed by atoms with Crippen LogP contribution in [0.3, 0.4) is 0 Å². The van der Waals surface area contributed by atoms with Crippen molar-refractivity contribution in [3.05, 3.63) is 36.3 Å². The van der Waals surface area contributed by atoms with Gasteiger partial charge in [0.25, 0.3) is 0 Å². The molecule has 6 nitrogen and oxygen atoms in total. The first-order valence-corrected chi connectivity index (χ1v) is 8.27. The predicted octanol–water partition coefficient (Wildman–Crippen LogP) is 3.02. The summed E-state index contributed by atoms with van der Waals surface area (Å²) in [6, 6.07) is 5.40. The highest BCUT2D eigenvalue weighted by molar-refractivity contribution is 5.90. The molecule has 1 amide bonds. The fourth-order valence-electron chi connectivity index (χ4n) is 2.34. The number of pyridine rings is 1. The van der Waals surface area contributed by atoms with Crippen LogP contribution in [0.5, 0.6) is 0 Å². The van der Waals surface area contributed by atoms with Gasteiger partial charge in [0.1, 0.15) is 6.17 Å². The zero-order valence-corrected chi connectivity index (χ0v) is 14.2. The molecule has 1 atom stereocenters. The smallest absolute Gasteiger partial charge is 0.231 e. The number of carbonyl (C=O) groups excluding carboxylic acids is 1. The van der Waals surface area contributed by atoms with Crippen LogP contribution in [0.4, 0.5) is 10.2 Å². The van der Waals surface area contributed by atoms with Crippen LogP contribution in [-0.4, -0.2) is 32.1 Å². The molecule has 0 aliphatic rings. The van der Waals surface area contributed by atoms with Gasteiger partial charge in [-0.3, -0.25) is 9.78 Å². The second-order valence-corrected chi connectivity index (χ2v) is 6.29. The Balaban J connectivity index is 1.77. The van der Waals surface area contributed by atoms with Crippen molar-refractivity contribution in [2.45, 2.75) is 52.2 Å². The Hall–Kier alpha value is -2.31. The fourth-order valence-corrected chi connectivity index (χ4v) is 2.34. The quantitative estimate of drug-likeness (QED) is 0.765. The van der Waals surface area contributed by atoms with Gasteiger partial charge in [0, 0.05) is 11.9 Å². The van der Waals surface area contributed by atoms with Crippen molar-refractivity contribution < 1.29 is 9.18 Å². The molecule has 0 aromatic carbocycles. The highest BCUT2D eigenvalue weighted by Gasteiger charge is 2.11. The minimum atomic E-state index is -0.956. The Morgan fingerprint density at radius 3 is 2.88 bits per heavy atom. The van der Waals surface area contributed by atoms with Gasteiger partial charge in [-0.25, -0.2) is 9.07 Å². The molecule has 0 saturated carbocycles. The summed E-state index contributed by atoms with van der Waals surface area (Å²) in [5.74, 6) is 0.685. The van der Waals surface area contributed by atoms with Crippen molar-refractivity contribution in [1.82, 2.24) is 20.0 Å². The van der Waals surface area contributed by atoms with Crippen LogP contribution in [0.2, 0.25) is 0 Å². The monoisotopic (exact) mass is 333 g/mol. The summed E-state index contributed by atoms with van der Waals surface area (Å²) in [4.78, 5) is 16.0. The summed E-state index contributed by atoms with van der Waals surface area (Å²) >= 11 is 0. The Morgan fingerprint density at radius 1 is 1.33 bits per heavy atom. The van der Waals surface area contributed by atoms with Gasteiger partial charge in [-0.2, -0.15) is 0 Å². The van der Waals surface area contributed by atoms with E-state index >= 15 is 0 Å². The molecule has 0 aliphatic heterocycles. The number of carbonyl (C=O) groups is 1. The molecular formula is C17H24FN5O. The van der Waals surface area contributed by atoms with Gasteiger partial charge in [-0.1, -0.05) is 38.0 Å². The SMILES string of the molecule is CC(C)CCCC(F)Cn1cc(NC(=O)Cc2ccccn2)nn1. The lowest BCUT2D eigenvalue weighted by Crippen LogP contribution is -2.15. The van der Waals surface area contributed by atoms with Crippen LogP contribution in [-0.2, 0) is 17.8 Å². The molecule has 2 aromatic heterocycles. The summed E-state index contributed by atoms with van der Waals surface area (Å²) in [5, 5.41) is 10.4. The largest absolute Gasteiger partial charge is 0.308 e. The second-order valence-electron chi connectivity index (χ2n) is 6.29. The Bertz CT molecular complexity index is 629. The van der Waals surface area contributed by atoms with Crippen LogP contribution >= 0.6 is 0 Å². The minimum Gasteiger partial charge on any atom is -0.308 e. The first-order valence-electron chi connectivity index (χ1n) is 8.27. The van der Waals surface area contributed by atoms with Crippen LogP contribution in [0.25, 0.3) is 0 Å². The van der Waals surface area contributed by atoms with Crippen LogP contribution in [0.15, 0.2) is 30.6 Å². The van der Waals surface area contributed by atoms with Gasteiger partial charge in [-0.15, -0.1) is 5.10 Å². The van der Waals surface area contributed by atoms with E-state index in [-0.39, 0.29) is 18.9 Å². The molecule has 2 rings (SSSR count). The van der Waals surface area contributed by atoms with Crippen molar-refractivity contribution in [2.24, 2.45) is 5.92 Å². The number of aromatic nitrogens is 4. The van der Waals surface area contributed by atoms with Crippen LogP contribution < -0.4 is 5.32 Å². The molecule has 0 bridgehead atoms. The molecular weight excluding hydrogens is 309 g/mol. The Morgan fingerprint density at radius 2 is 2.17 bits per heavy atom. The number of anilines is 1. The summed E-state index contributed by atoms with van der Waals surface area (Å²) in [6.45, 7) is 4.41. The lowest BCUT2D eigenvalue weighted by atomic mass is 10.0. The first kappa shape index (κ1) is 18.0. The Labute approximate surface area is 141 Å². The van der Waals surface area contributed by atoms with Gasteiger partial charge in [-0.05, 0) is 24.5 Å². The fraction of sp³-hybridized carbons (Fsp3) is 0.529. The molecule has 0 fully saturated rings. The minimum absolute atomic E-state index is 0.154. The van der Waals surface area contributed by atoms with Gasteiger partial charge in [0.05, 0.1) is 19.2 Å².